The molecule has 1 fully saturated rings. The molecule has 0 aromatic heterocycles. The number of carbonyl (C=O) groups excluding carboxylic acids is 1. The lowest BCUT2D eigenvalue weighted by Crippen LogP contribution is -2.46. The molecule has 3 atom stereocenters. The maximum Gasteiger partial charge on any atom is 0.330 e. The van der Waals surface area contributed by atoms with Crippen LogP contribution in [-0.2, 0) is 9.53 Å². The Morgan fingerprint density at radius 2 is 2.47 bits per heavy atom. The van der Waals surface area contributed by atoms with Crippen LogP contribution in [0.5, 0.6) is 0 Å². The van der Waals surface area contributed by atoms with Gasteiger partial charge < -0.3 is 4.74 Å². The van der Waals surface area contributed by atoms with Gasteiger partial charge in [-0.25, -0.2) is 4.79 Å². The van der Waals surface area contributed by atoms with E-state index < -0.39 is 0 Å². The molecule has 94 valence electrons. The zero-order valence-corrected chi connectivity index (χ0v) is 10.9. The Bertz CT molecular complexity index is 356. The monoisotopic (exact) mass is 234 g/mol. The number of rotatable bonds is 3. The predicted octanol–water partition coefficient (Wildman–Crippen LogP) is 3.63. The van der Waals surface area contributed by atoms with Crippen molar-refractivity contribution in [2.75, 3.05) is 0 Å². The van der Waals surface area contributed by atoms with Crippen LogP contribution in [0.25, 0.3) is 0 Å². The molecule has 2 heteroatoms. The average Bonchev–Trinajstić information content (AvgIpc) is 2.32. The third-order valence-corrected chi connectivity index (χ3v) is 4.37. The second-order valence-electron chi connectivity index (χ2n) is 5.48. The van der Waals surface area contributed by atoms with Gasteiger partial charge in [-0.15, -0.1) is 0 Å². The van der Waals surface area contributed by atoms with Crippen molar-refractivity contribution in [3.05, 3.63) is 24.3 Å². The van der Waals surface area contributed by atoms with E-state index in [0.29, 0.717) is 11.8 Å². The fourth-order valence-corrected chi connectivity index (χ4v) is 3.46. The van der Waals surface area contributed by atoms with Crippen molar-refractivity contribution < 1.29 is 9.53 Å². The molecule has 0 aromatic carbocycles. The molecule has 0 spiro atoms. The largest absolute Gasteiger partial charge is 0.456 e. The van der Waals surface area contributed by atoms with Crippen molar-refractivity contribution in [2.24, 2.45) is 11.8 Å². The quantitative estimate of drug-likeness (QED) is 0.423. The van der Waals surface area contributed by atoms with Crippen LogP contribution in [0.3, 0.4) is 0 Å². The van der Waals surface area contributed by atoms with Crippen LogP contribution < -0.4 is 0 Å². The van der Waals surface area contributed by atoms with E-state index >= 15 is 0 Å². The topological polar surface area (TPSA) is 26.3 Å². The first-order valence-electron chi connectivity index (χ1n) is 6.64. The zero-order chi connectivity index (χ0) is 12.5. The summed E-state index contributed by atoms with van der Waals surface area (Å²) in [5, 5.41) is 0. The second-order valence-corrected chi connectivity index (χ2v) is 5.48. The van der Waals surface area contributed by atoms with Crippen molar-refractivity contribution in [1.29, 1.82) is 0 Å². The number of hydrogen-bond donors (Lipinski definition) is 0. The molecule has 2 bridgehead atoms. The summed E-state index contributed by atoms with van der Waals surface area (Å²) in [5.41, 5.74) is 1.32. The zero-order valence-electron chi connectivity index (χ0n) is 10.9. The molecular formula is C15H22O2. The second kappa shape index (κ2) is 4.67. The SMILES string of the molecule is C=CC(=O)OC1(CC)CCC2=CC(C)CC1C2. The summed E-state index contributed by atoms with van der Waals surface area (Å²) < 4.78 is 5.73. The van der Waals surface area contributed by atoms with Gasteiger partial charge in [-0.3, -0.25) is 0 Å². The minimum Gasteiger partial charge on any atom is -0.456 e. The molecule has 1 saturated carbocycles. The molecule has 2 aliphatic carbocycles. The van der Waals surface area contributed by atoms with E-state index in [1.807, 2.05) is 0 Å². The van der Waals surface area contributed by atoms with Gasteiger partial charge in [0.1, 0.15) is 5.60 Å². The van der Waals surface area contributed by atoms with Gasteiger partial charge in [-0.2, -0.15) is 0 Å². The van der Waals surface area contributed by atoms with Crippen LogP contribution in [0.2, 0.25) is 0 Å². The van der Waals surface area contributed by atoms with Crippen molar-refractivity contribution in [3.8, 4) is 0 Å². The third kappa shape index (κ3) is 2.31. The van der Waals surface area contributed by atoms with Gasteiger partial charge in [0.2, 0.25) is 0 Å². The van der Waals surface area contributed by atoms with Crippen molar-refractivity contribution in [1.82, 2.24) is 0 Å². The highest BCUT2D eigenvalue weighted by Crippen LogP contribution is 2.47. The van der Waals surface area contributed by atoms with E-state index in [1.54, 1.807) is 5.57 Å². The lowest BCUT2D eigenvalue weighted by molar-refractivity contribution is -0.165. The van der Waals surface area contributed by atoms with Gasteiger partial charge in [0.15, 0.2) is 0 Å². The molecule has 2 aliphatic rings. The Kier molecular flexibility index (Phi) is 3.41. The Labute approximate surface area is 104 Å². The number of carbonyl (C=O) groups is 1. The van der Waals surface area contributed by atoms with Crippen LogP contribution in [0.15, 0.2) is 24.3 Å². The van der Waals surface area contributed by atoms with Crippen molar-refractivity contribution in [3.63, 3.8) is 0 Å². The number of ether oxygens (including phenoxy) is 1. The summed E-state index contributed by atoms with van der Waals surface area (Å²) in [5.74, 6) is 0.857. The molecule has 0 heterocycles. The van der Waals surface area contributed by atoms with Gasteiger partial charge in [0.05, 0.1) is 0 Å². The molecule has 0 aliphatic heterocycles. The number of fused-ring (bicyclic) bond motifs is 2. The summed E-state index contributed by atoms with van der Waals surface area (Å²) in [6, 6.07) is 0. The third-order valence-electron chi connectivity index (χ3n) is 4.37. The minimum atomic E-state index is -0.266. The predicted molar refractivity (Wildman–Crippen MR) is 68.5 cm³/mol. The number of esters is 1. The average molecular weight is 234 g/mol. The Morgan fingerprint density at radius 1 is 1.71 bits per heavy atom. The Balaban J connectivity index is 2.21. The summed E-state index contributed by atoms with van der Waals surface area (Å²) in [7, 11) is 0. The van der Waals surface area contributed by atoms with E-state index in [9.17, 15) is 4.79 Å². The summed E-state index contributed by atoms with van der Waals surface area (Å²) >= 11 is 0. The standard InChI is InChI=1S/C15H22O2/c1-4-14(16)17-15(5-2)7-6-12-8-11(3)9-13(15)10-12/h4,8,11,13H,1,5-7,9-10H2,2-3H3. The van der Waals surface area contributed by atoms with Crippen LogP contribution >= 0.6 is 0 Å². The molecule has 0 saturated heterocycles. The lowest BCUT2D eigenvalue weighted by Gasteiger charge is -2.46. The van der Waals surface area contributed by atoms with E-state index in [4.69, 9.17) is 4.74 Å². The lowest BCUT2D eigenvalue weighted by atomic mass is 9.65. The maximum absolute atomic E-state index is 11.5. The fraction of sp³-hybridized carbons (Fsp3) is 0.667. The first kappa shape index (κ1) is 12.4. The molecule has 2 rings (SSSR count). The van der Waals surface area contributed by atoms with Crippen molar-refractivity contribution in [2.45, 2.75) is 51.6 Å². The Hall–Kier alpha value is -1.05. The minimum absolute atomic E-state index is 0.239. The summed E-state index contributed by atoms with van der Waals surface area (Å²) in [4.78, 5) is 11.5. The highest BCUT2D eigenvalue weighted by molar-refractivity contribution is 5.81. The van der Waals surface area contributed by atoms with Gasteiger partial charge in [-0.1, -0.05) is 32.1 Å². The van der Waals surface area contributed by atoms with E-state index in [2.05, 4.69) is 26.5 Å². The molecule has 0 radical (unpaired) electrons. The van der Waals surface area contributed by atoms with Gasteiger partial charge in [0.25, 0.3) is 0 Å². The molecule has 17 heavy (non-hydrogen) atoms. The number of hydrogen-bond acceptors (Lipinski definition) is 2. The molecule has 3 unspecified atom stereocenters. The molecule has 0 aromatic rings. The first-order chi connectivity index (χ1) is 8.09. The highest BCUT2D eigenvalue weighted by Gasteiger charge is 2.45. The Morgan fingerprint density at radius 3 is 3.12 bits per heavy atom. The normalized spacial score (nSPS) is 36.0. The molecule has 0 amide bonds. The van der Waals surface area contributed by atoms with Gasteiger partial charge in [0, 0.05) is 12.0 Å². The van der Waals surface area contributed by atoms with Crippen LogP contribution in [0, 0.1) is 11.8 Å². The van der Waals surface area contributed by atoms with Gasteiger partial charge in [-0.05, 0) is 38.0 Å². The van der Waals surface area contributed by atoms with Crippen LogP contribution in [-0.4, -0.2) is 11.6 Å². The molecule has 0 N–H and O–H groups in total. The van der Waals surface area contributed by atoms with Crippen LogP contribution in [0.1, 0.15) is 46.0 Å². The fourth-order valence-electron chi connectivity index (χ4n) is 3.46. The first-order valence-corrected chi connectivity index (χ1v) is 6.64. The van der Waals surface area contributed by atoms with Crippen molar-refractivity contribution >= 4 is 5.97 Å². The maximum atomic E-state index is 11.5. The van der Waals surface area contributed by atoms with E-state index in [-0.39, 0.29) is 11.6 Å². The van der Waals surface area contributed by atoms with Gasteiger partial charge >= 0.3 is 5.97 Å². The number of allylic oxidation sites excluding steroid dienone is 2. The van der Waals surface area contributed by atoms with E-state index in [1.165, 1.54) is 6.08 Å². The highest BCUT2D eigenvalue weighted by atomic mass is 16.6. The van der Waals surface area contributed by atoms with Crippen LogP contribution in [0.4, 0.5) is 0 Å². The summed E-state index contributed by atoms with van der Waals surface area (Å²) in [6.45, 7) is 7.89. The summed E-state index contributed by atoms with van der Waals surface area (Å²) in [6.07, 6.45) is 8.92. The molecule has 2 nitrogen and oxygen atoms in total. The van der Waals surface area contributed by atoms with E-state index in [0.717, 1.165) is 32.1 Å². The smallest absolute Gasteiger partial charge is 0.330 e. The molecular weight excluding hydrogens is 212 g/mol.